The average Bonchev–Trinajstić information content (AvgIpc) is 2.49. The number of hydrogen-bond acceptors (Lipinski definition) is 2. The zero-order valence-corrected chi connectivity index (χ0v) is 11.5. The highest BCUT2D eigenvalue weighted by Crippen LogP contribution is 2.37. The molecular formula is C16H23NO. The minimum Gasteiger partial charge on any atom is -0.145 e. The summed E-state index contributed by atoms with van der Waals surface area (Å²) in [5, 5.41) is 3.08. The number of rotatable bonds is 3. The van der Waals surface area contributed by atoms with Gasteiger partial charge in [0.25, 0.3) is 0 Å². The second-order valence-electron chi connectivity index (χ2n) is 4.47. The van der Waals surface area contributed by atoms with Crippen molar-refractivity contribution in [2.24, 2.45) is 11.1 Å². The monoisotopic (exact) mass is 245 g/mol. The lowest BCUT2D eigenvalue weighted by Crippen LogP contribution is -2.07. The maximum Gasteiger partial charge on any atom is 0.115 e. The first-order valence-corrected chi connectivity index (χ1v) is 6.94. The van der Waals surface area contributed by atoms with Crippen molar-refractivity contribution in [1.29, 1.82) is 0 Å². The number of nitrogens with zero attached hydrogens (tertiary/aromatic N) is 1. The Morgan fingerprint density at radius 3 is 2.39 bits per heavy atom. The predicted octanol–water partition coefficient (Wildman–Crippen LogP) is 5.70. The highest BCUT2D eigenvalue weighted by atomic mass is 16.3. The molecule has 0 spiro atoms. The molecule has 1 saturated carbocycles. The number of nitroso groups, excluding NO2 is 1. The van der Waals surface area contributed by atoms with Crippen molar-refractivity contribution in [2.75, 3.05) is 0 Å². The fourth-order valence-corrected chi connectivity index (χ4v) is 2.50. The summed E-state index contributed by atoms with van der Waals surface area (Å²) in [6.45, 7) is 8.16. The summed E-state index contributed by atoms with van der Waals surface area (Å²) in [6.07, 6.45) is 6.29. The maximum absolute atomic E-state index is 10.7. The number of allylic oxidation sites excluding steroid dienone is 1. The minimum atomic E-state index is 0.526. The average molecular weight is 245 g/mol. The van der Waals surface area contributed by atoms with Crippen molar-refractivity contribution in [1.82, 2.24) is 0 Å². The Balaban J connectivity index is 0.000000771. The molecule has 98 valence electrons. The van der Waals surface area contributed by atoms with Crippen LogP contribution in [0.5, 0.6) is 0 Å². The van der Waals surface area contributed by atoms with E-state index in [9.17, 15) is 4.91 Å². The molecule has 0 atom stereocenters. The topological polar surface area (TPSA) is 29.4 Å². The summed E-state index contributed by atoms with van der Waals surface area (Å²) in [6, 6.07) is 7.50. The van der Waals surface area contributed by atoms with Crippen LogP contribution in [0.25, 0.3) is 5.57 Å². The molecule has 1 aliphatic carbocycles. The van der Waals surface area contributed by atoms with Gasteiger partial charge in [-0.1, -0.05) is 57.9 Å². The van der Waals surface area contributed by atoms with Crippen molar-refractivity contribution in [3.8, 4) is 0 Å². The molecule has 0 heterocycles. The van der Waals surface area contributed by atoms with Gasteiger partial charge in [-0.25, -0.2) is 0 Å². The third kappa shape index (κ3) is 3.52. The van der Waals surface area contributed by atoms with E-state index in [0.29, 0.717) is 11.6 Å². The summed E-state index contributed by atoms with van der Waals surface area (Å²) in [5.74, 6) is 0.539. The van der Waals surface area contributed by atoms with Crippen LogP contribution >= 0.6 is 0 Å². The van der Waals surface area contributed by atoms with Crippen LogP contribution in [-0.2, 0) is 0 Å². The Bertz CT molecular complexity index is 392. The molecular weight excluding hydrogens is 222 g/mol. The fourth-order valence-electron chi connectivity index (χ4n) is 2.50. The molecule has 0 N–H and O–H groups in total. The fraction of sp³-hybridized carbons (Fsp3) is 0.500. The number of benzene rings is 1. The molecule has 0 unspecified atom stereocenters. The summed E-state index contributed by atoms with van der Waals surface area (Å²) < 4.78 is 0. The largest absolute Gasteiger partial charge is 0.145 e. The van der Waals surface area contributed by atoms with Gasteiger partial charge in [-0.2, -0.15) is 0 Å². The van der Waals surface area contributed by atoms with Crippen LogP contribution in [0, 0.1) is 10.8 Å². The van der Waals surface area contributed by atoms with Gasteiger partial charge < -0.3 is 0 Å². The second-order valence-corrected chi connectivity index (χ2v) is 4.47. The Hall–Kier alpha value is -1.44. The Kier molecular flexibility index (Phi) is 6.34. The first-order chi connectivity index (χ1) is 8.83. The molecule has 2 rings (SSSR count). The van der Waals surface area contributed by atoms with Gasteiger partial charge in [-0.3, -0.25) is 0 Å². The Morgan fingerprint density at radius 1 is 1.17 bits per heavy atom. The second kappa shape index (κ2) is 7.80. The van der Waals surface area contributed by atoms with Gasteiger partial charge in [0.05, 0.1) is 0 Å². The standard InChI is InChI=1S/C14H17NO.C2H6/c1-11(12-7-3-2-4-8-12)13-9-5-6-10-14(13)15-16;1-2/h5-6,9-10,12H,1-4,7-8H2;1-2H3. The lowest BCUT2D eigenvalue weighted by molar-refractivity contribution is 0.430. The third-order valence-electron chi connectivity index (χ3n) is 3.45. The van der Waals surface area contributed by atoms with Gasteiger partial charge in [-0.05, 0) is 35.6 Å². The van der Waals surface area contributed by atoms with Crippen LogP contribution in [0.3, 0.4) is 0 Å². The normalized spacial score (nSPS) is 15.4. The highest BCUT2D eigenvalue weighted by Gasteiger charge is 2.19. The summed E-state index contributed by atoms with van der Waals surface area (Å²) in [7, 11) is 0. The molecule has 2 nitrogen and oxygen atoms in total. The molecule has 0 aliphatic heterocycles. The molecule has 0 aromatic heterocycles. The van der Waals surface area contributed by atoms with Gasteiger partial charge in [0, 0.05) is 5.56 Å². The smallest absolute Gasteiger partial charge is 0.115 e. The molecule has 0 saturated heterocycles. The van der Waals surface area contributed by atoms with E-state index in [1.807, 2.05) is 32.0 Å². The van der Waals surface area contributed by atoms with Gasteiger partial charge in [0.2, 0.25) is 0 Å². The molecule has 1 aromatic carbocycles. The van der Waals surface area contributed by atoms with Crippen LogP contribution in [0.15, 0.2) is 36.0 Å². The van der Waals surface area contributed by atoms with Crippen molar-refractivity contribution >= 4 is 11.3 Å². The zero-order chi connectivity index (χ0) is 13.4. The van der Waals surface area contributed by atoms with Crippen LogP contribution in [0.4, 0.5) is 5.69 Å². The van der Waals surface area contributed by atoms with E-state index >= 15 is 0 Å². The van der Waals surface area contributed by atoms with E-state index in [-0.39, 0.29) is 0 Å². The molecule has 1 fully saturated rings. The van der Waals surface area contributed by atoms with E-state index in [4.69, 9.17) is 0 Å². The first kappa shape index (κ1) is 14.6. The molecule has 0 bridgehead atoms. The molecule has 18 heavy (non-hydrogen) atoms. The predicted molar refractivity (Wildman–Crippen MR) is 78.9 cm³/mol. The Labute approximate surface area is 110 Å². The van der Waals surface area contributed by atoms with Crippen molar-refractivity contribution in [3.05, 3.63) is 41.3 Å². The Morgan fingerprint density at radius 2 is 1.78 bits per heavy atom. The van der Waals surface area contributed by atoms with Crippen LogP contribution in [0.1, 0.15) is 51.5 Å². The van der Waals surface area contributed by atoms with E-state index < -0.39 is 0 Å². The van der Waals surface area contributed by atoms with Crippen LogP contribution in [-0.4, -0.2) is 0 Å². The molecule has 1 aromatic rings. The van der Waals surface area contributed by atoms with Gasteiger partial charge in [0.15, 0.2) is 0 Å². The lowest BCUT2D eigenvalue weighted by atomic mass is 9.81. The summed E-state index contributed by atoms with van der Waals surface area (Å²) >= 11 is 0. The summed E-state index contributed by atoms with van der Waals surface area (Å²) in [4.78, 5) is 10.7. The lowest BCUT2D eigenvalue weighted by Gasteiger charge is -2.24. The van der Waals surface area contributed by atoms with Crippen molar-refractivity contribution < 1.29 is 0 Å². The van der Waals surface area contributed by atoms with E-state index in [1.54, 1.807) is 6.07 Å². The molecule has 1 aliphatic rings. The van der Waals surface area contributed by atoms with Gasteiger partial charge in [-0.15, -0.1) is 4.91 Å². The van der Waals surface area contributed by atoms with Crippen molar-refractivity contribution in [3.63, 3.8) is 0 Å². The quantitative estimate of drug-likeness (QED) is 0.627. The van der Waals surface area contributed by atoms with E-state index in [0.717, 1.165) is 11.1 Å². The zero-order valence-electron chi connectivity index (χ0n) is 11.5. The third-order valence-corrected chi connectivity index (χ3v) is 3.45. The van der Waals surface area contributed by atoms with E-state index in [1.165, 1.54) is 32.1 Å². The maximum atomic E-state index is 10.7. The minimum absolute atomic E-state index is 0.526. The molecule has 0 radical (unpaired) electrons. The first-order valence-electron chi connectivity index (χ1n) is 6.94. The molecule has 0 amide bonds. The highest BCUT2D eigenvalue weighted by molar-refractivity contribution is 5.74. The van der Waals surface area contributed by atoms with Gasteiger partial charge >= 0.3 is 0 Å². The van der Waals surface area contributed by atoms with Crippen LogP contribution in [0.2, 0.25) is 0 Å². The number of hydrogen-bond donors (Lipinski definition) is 0. The SMILES string of the molecule is C=C(c1ccccc1N=O)C1CCCCC1.CC. The van der Waals surface area contributed by atoms with Crippen molar-refractivity contribution in [2.45, 2.75) is 46.0 Å². The summed E-state index contributed by atoms with van der Waals surface area (Å²) in [5.41, 5.74) is 2.55. The van der Waals surface area contributed by atoms with Crippen LogP contribution < -0.4 is 0 Å². The van der Waals surface area contributed by atoms with E-state index in [2.05, 4.69) is 11.8 Å². The molecule has 2 heteroatoms. The van der Waals surface area contributed by atoms with Gasteiger partial charge in [0.1, 0.15) is 5.69 Å².